The lowest BCUT2D eigenvalue weighted by molar-refractivity contribution is -0.118. The highest BCUT2D eigenvalue weighted by Gasteiger charge is 2.21. The number of primary amides is 1. The topological polar surface area (TPSA) is 64.4 Å². The molecule has 1 aromatic carbocycles. The molecule has 0 spiro atoms. The first-order valence-electron chi connectivity index (χ1n) is 5.99. The molecule has 92 valence electrons. The molecule has 0 aliphatic carbocycles. The van der Waals surface area contributed by atoms with Crippen molar-refractivity contribution >= 4 is 5.91 Å². The van der Waals surface area contributed by atoms with E-state index in [1.165, 1.54) is 5.56 Å². The summed E-state index contributed by atoms with van der Waals surface area (Å²) in [4.78, 5) is 10.5. The number of ether oxygens (including phenoxy) is 1. The molecular weight excluding hydrogens is 216 g/mol. The number of amides is 1. The number of fused-ring (bicyclic) bond motifs is 1. The van der Waals surface area contributed by atoms with E-state index >= 15 is 0 Å². The number of benzene rings is 1. The van der Waals surface area contributed by atoms with Crippen molar-refractivity contribution in [2.24, 2.45) is 5.73 Å². The molecule has 0 saturated heterocycles. The van der Waals surface area contributed by atoms with Crippen LogP contribution < -0.4 is 15.8 Å². The van der Waals surface area contributed by atoms with Crippen molar-refractivity contribution < 1.29 is 9.53 Å². The average molecular weight is 234 g/mol. The second-order valence-corrected chi connectivity index (χ2v) is 4.33. The fourth-order valence-electron chi connectivity index (χ4n) is 2.02. The maximum Gasteiger partial charge on any atom is 0.217 e. The molecule has 1 heterocycles. The number of carbonyl (C=O) groups excluding carboxylic acids is 1. The molecule has 0 radical (unpaired) electrons. The second kappa shape index (κ2) is 5.68. The summed E-state index contributed by atoms with van der Waals surface area (Å²) in [6, 6.07) is 8.12. The lowest BCUT2D eigenvalue weighted by Crippen LogP contribution is -2.31. The lowest BCUT2D eigenvalue weighted by atomic mass is 10.1. The molecule has 1 aromatic rings. The summed E-state index contributed by atoms with van der Waals surface area (Å²) < 4.78 is 5.78. The molecule has 4 heteroatoms. The molecule has 0 saturated carbocycles. The Balaban J connectivity index is 1.65. The van der Waals surface area contributed by atoms with E-state index in [9.17, 15) is 4.79 Å². The maximum absolute atomic E-state index is 10.5. The summed E-state index contributed by atoms with van der Waals surface area (Å²) in [5.74, 6) is 0.757. The number of carbonyl (C=O) groups is 1. The summed E-state index contributed by atoms with van der Waals surface area (Å²) in [5.41, 5.74) is 6.34. The quantitative estimate of drug-likeness (QED) is 0.717. The zero-order valence-corrected chi connectivity index (χ0v) is 9.82. The van der Waals surface area contributed by atoms with Gasteiger partial charge in [-0.05, 0) is 24.6 Å². The van der Waals surface area contributed by atoms with Crippen molar-refractivity contribution in [2.45, 2.75) is 25.4 Å². The van der Waals surface area contributed by atoms with Crippen molar-refractivity contribution in [1.82, 2.24) is 5.32 Å². The van der Waals surface area contributed by atoms with Crippen molar-refractivity contribution in [1.29, 1.82) is 0 Å². The summed E-state index contributed by atoms with van der Waals surface area (Å²) in [6.45, 7) is 1.62. The largest absolute Gasteiger partial charge is 0.488 e. The summed E-state index contributed by atoms with van der Waals surface area (Å²) in [5, 5.41) is 3.28. The molecule has 17 heavy (non-hydrogen) atoms. The fraction of sp³-hybridized carbons (Fsp3) is 0.462. The van der Waals surface area contributed by atoms with Crippen LogP contribution in [0.15, 0.2) is 24.3 Å². The Morgan fingerprint density at radius 3 is 3.06 bits per heavy atom. The van der Waals surface area contributed by atoms with Gasteiger partial charge in [0.1, 0.15) is 11.9 Å². The monoisotopic (exact) mass is 234 g/mol. The molecular formula is C13H18N2O2. The fourth-order valence-corrected chi connectivity index (χ4v) is 2.02. The van der Waals surface area contributed by atoms with Gasteiger partial charge in [0, 0.05) is 19.4 Å². The Morgan fingerprint density at radius 1 is 1.47 bits per heavy atom. The number of nitrogens with two attached hydrogens (primary N) is 1. The van der Waals surface area contributed by atoms with Gasteiger partial charge in [-0.1, -0.05) is 18.2 Å². The molecule has 1 unspecified atom stereocenters. The molecule has 1 atom stereocenters. The number of para-hydroxylation sites is 1. The zero-order valence-electron chi connectivity index (χ0n) is 9.82. The smallest absolute Gasteiger partial charge is 0.217 e. The van der Waals surface area contributed by atoms with Crippen LogP contribution in [0.3, 0.4) is 0 Å². The summed E-state index contributed by atoms with van der Waals surface area (Å²) >= 11 is 0. The van der Waals surface area contributed by atoms with Crippen LogP contribution in [0.25, 0.3) is 0 Å². The number of hydrogen-bond donors (Lipinski definition) is 2. The van der Waals surface area contributed by atoms with Crippen LogP contribution in [-0.4, -0.2) is 25.1 Å². The van der Waals surface area contributed by atoms with Crippen molar-refractivity contribution in [2.75, 3.05) is 13.1 Å². The van der Waals surface area contributed by atoms with Gasteiger partial charge in [0.15, 0.2) is 0 Å². The first kappa shape index (κ1) is 11.9. The minimum atomic E-state index is -0.240. The van der Waals surface area contributed by atoms with Crippen LogP contribution >= 0.6 is 0 Å². The van der Waals surface area contributed by atoms with E-state index in [1.807, 2.05) is 18.2 Å². The minimum absolute atomic E-state index is 0.209. The van der Waals surface area contributed by atoms with Gasteiger partial charge in [0.25, 0.3) is 0 Å². The molecule has 2 rings (SSSR count). The van der Waals surface area contributed by atoms with Gasteiger partial charge < -0.3 is 15.8 Å². The Bertz CT molecular complexity index is 368. The lowest BCUT2D eigenvalue weighted by Gasteiger charge is -2.11. The third-order valence-electron chi connectivity index (χ3n) is 2.86. The molecule has 0 aromatic heterocycles. The predicted molar refractivity (Wildman–Crippen MR) is 65.9 cm³/mol. The Morgan fingerprint density at radius 2 is 2.29 bits per heavy atom. The third-order valence-corrected chi connectivity index (χ3v) is 2.86. The van der Waals surface area contributed by atoms with Crippen LogP contribution in [-0.2, 0) is 11.2 Å². The van der Waals surface area contributed by atoms with Gasteiger partial charge in [0.2, 0.25) is 5.91 Å². The first-order chi connectivity index (χ1) is 8.25. The highest BCUT2D eigenvalue weighted by Crippen LogP contribution is 2.27. The molecule has 1 aliphatic rings. The summed E-state index contributed by atoms with van der Waals surface area (Å²) in [6.07, 6.45) is 2.40. The van der Waals surface area contributed by atoms with Crippen LogP contribution in [0.5, 0.6) is 5.75 Å². The number of hydrogen-bond acceptors (Lipinski definition) is 3. The van der Waals surface area contributed by atoms with E-state index < -0.39 is 0 Å². The molecule has 1 aliphatic heterocycles. The molecule has 1 amide bonds. The van der Waals surface area contributed by atoms with Crippen molar-refractivity contribution in [3.05, 3.63) is 29.8 Å². The van der Waals surface area contributed by atoms with Gasteiger partial charge in [-0.15, -0.1) is 0 Å². The normalized spacial score (nSPS) is 17.5. The summed E-state index contributed by atoms with van der Waals surface area (Å²) in [7, 11) is 0. The maximum atomic E-state index is 10.5. The van der Waals surface area contributed by atoms with Crippen LogP contribution in [0, 0.1) is 0 Å². The molecule has 0 bridgehead atoms. The Labute approximate surface area is 101 Å². The number of rotatable bonds is 6. The number of nitrogens with one attached hydrogen (secondary N) is 1. The SMILES string of the molecule is NC(=O)CCCNCC1Cc2ccccc2O1. The van der Waals surface area contributed by atoms with E-state index in [4.69, 9.17) is 10.5 Å². The van der Waals surface area contributed by atoms with E-state index in [-0.39, 0.29) is 12.0 Å². The third kappa shape index (κ3) is 3.46. The van der Waals surface area contributed by atoms with Crippen LogP contribution in [0.1, 0.15) is 18.4 Å². The first-order valence-corrected chi connectivity index (χ1v) is 5.99. The Hall–Kier alpha value is -1.55. The standard InChI is InChI=1S/C13H18N2O2/c14-13(16)6-3-7-15-9-11-8-10-4-1-2-5-12(10)17-11/h1-2,4-5,11,15H,3,6-9H2,(H2,14,16). The van der Waals surface area contributed by atoms with Gasteiger partial charge in [0.05, 0.1) is 0 Å². The van der Waals surface area contributed by atoms with Gasteiger partial charge >= 0.3 is 0 Å². The highest BCUT2D eigenvalue weighted by molar-refractivity contribution is 5.73. The molecule has 0 fully saturated rings. The van der Waals surface area contributed by atoms with E-state index in [0.717, 1.165) is 31.7 Å². The van der Waals surface area contributed by atoms with Crippen molar-refractivity contribution in [3.8, 4) is 5.75 Å². The van der Waals surface area contributed by atoms with E-state index in [2.05, 4.69) is 11.4 Å². The average Bonchev–Trinajstić information content (AvgIpc) is 2.70. The zero-order chi connectivity index (χ0) is 12.1. The highest BCUT2D eigenvalue weighted by atomic mass is 16.5. The van der Waals surface area contributed by atoms with Crippen molar-refractivity contribution in [3.63, 3.8) is 0 Å². The van der Waals surface area contributed by atoms with Gasteiger partial charge in [-0.3, -0.25) is 4.79 Å². The second-order valence-electron chi connectivity index (χ2n) is 4.33. The van der Waals surface area contributed by atoms with Gasteiger partial charge in [-0.2, -0.15) is 0 Å². The van der Waals surface area contributed by atoms with E-state index in [1.54, 1.807) is 0 Å². The van der Waals surface area contributed by atoms with Crippen LogP contribution in [0.4, 0.5) is 0 Å². The van der Waals surface area contributed by atoms with Crippen LogP contribution in [0.2, 0.25) is 0 Å². The van der Waals surface area contributed by atoms with E-state index in [0.29, 0.717) is 6.42 Å². The van der Waals surface area contributed by atoms with Gasteiger partial charge in [-0.25, -0.2) is 0 Å². The predicted octanol–water partition coefficient (Wildman–Crippen LogP) is 0.845. The Kier molecular flexibility index (Phi) is 3.98. The molecule has 4 nitrogen and oxygen atoms in total. The minimum Gasteiger partial charge on any atom is -0.488 e. The molecule has 3 N–H and O–H groups in total.